The number of unbranched alkanes of at least 4 members (excludes halogenated alkanes) is 1. The van der Waals surface area contributed by atoms with Crippen molar-refractivity contribution in [3.63, 3.8) is 0 Å². The van der Waals surface area contributed by atoms with Crippen LogP contribution in [0.25, 0.3) is 0 Å². The minimum atomic E-state index is 0.816. The van der Waals surface area contributed by atoms with E-state index in [1.54, 1.807) is 7.11 Å². The van der Waals surface area contributed by atoms with Gasteiger partial charge in [0.15, 0.2) is 0 Å². The number of rotatable bonds is 4. The molecular formula is C14H16O. The zero-order chi connectivity index (χ0) is 10.8. The van der Waals surface area contributed by atoms with Crippen LogP contribution in [0.1, 0.15) is 18.4 Å². The molecule has 0 saturated carbocycles. The van der Waals surface area contributed by atoms with Crippen molar-refractivity contribution >= 4 is 0 Å². The van der Waals surface area contributed by atoms with Crippen LogP contribution in [0.15, 0.2) is 42.5 Å². The van der Waals surface area contributed by atoms with Crippen LogP contribution in [0.3, 0.4) is 0 Å². The Morgan fingerprint density at radius 1 is 1.27 bits per heavy atom. The van der Waals surface area contributed by atoms with Gasteiger partial charge in [-0.25, -0.2) is 0 Å². The summed E-state index contributed by atoms with van der Waals surface area (Å²) in [4.78, 5) is 0. The summed E-state index contributed by atoms with van der Waals surface area (Å²) in [5.41, 5.74) is 1.05. The molecule has 0 saturated heterocycles. The van der Waals surface area contributed by atoms with Gasteiger partial charge in [0.1, 0.15) is 0 Å². The molecule has 1 heteroatoms. The Hall–Kier alpha value is -1.52. The lowest BCUT2D eigenvalue weighted by molar-refractivity contribution is 0.196. The lowest BCUT2D eigenvalue weighted by atomic mass is 10.2. The van der Waals surface area contributed by atoms with E-state index in [4.69, 9.17) is 4.74 Å². The minimum absolute atomic E-state index is 0.816. The first-order chi connectivity index (χ1) is 7.43. The van der Waals surface area contributed by atoms with E-state index in [1.807, 2.05) is 36.4 Å². The Balaban J connectivity index is 2.28. The number of methoxy groups -OCH3 is 1. The Labute approximate surface area is 91.8 Å². The van der Waals surface area contributed by atoms with E-state index in [-0.39, 0.29) is 0 Å². The molecular weight excluding hydrogens is 184 g/mol. The van der Waals surface area contributed by atoms with E-state index in [2.05, 4.69) is 17.9 Å². The van der Waals surface area contributed by atoms with Gasteiger partial charge in [0.2, 0.25) is 0 Å². The van der Waals surface area contributed by atoms with Gasteiger partial charge in [-0.05, 0) is 31.1 Å². The molecule has 0 spiro atoms. The number of hydrogen-bond donors (Lipinski definition) is 0. The standard InChI is InChI=1S/C14H16O/c1-15-13-9-4-2-3-6-10-14-11-7-5-8-12-14/h2-3,5,7-8,11-12H,4,9,13H2,1H3/b3-2+. The van der Waals surface area contributed by atoms with Gasteiger partial charge in [0, 0.05) is 19.3 Å². The maximum Gasteiger partial charge on any atom is 0.0465 e. The van der Waals surface area contributed by atoms with Crippen LogP contribution < -0.4 is 0 Å². The van der Waals surface area contributed by atoms with Crippen molar-refractivity contribution in [2.45, 2.75) is 12.8 Å². The Morgan fingerprint density at radius 3 is 2.80 bits per heavy atom. The number of allylic oxidation sites excluding steroid dienone is 2. The van der Waals surface area contributed by atoms with E-state index < -0.39 is 0 Å². The average molecular weight is 200 g/mol. The van der Waals surface area contributed by atoms with Gasteiger partial charge in [-0.1, -0.05) is 36.1 Å². The van der Waals surface area contributed by atoms with Crippen LogP contribution in [0, 0.1) is 11.8 Å². The topological polar surface area (TPSA) is 9.23 Å². The average Bonchev–Trinajstić information content (AvgIpc) is 2.29. The zero-order valence-corrected chi connectivity index (χ0v) is 9.07. The summed E-state index contributed by atoms with van der Waals surface area (Å²) in [5, 5.41) is 0. The highest BCUT2D eigenvalue weighted by Crippen LogP contribution is 1.95. The van der Waals surface area contributed by atoms with Crippen LogP contribution in [0.5, 0.6) is 0 Å². The Morgan fingerprint density at radius 2 is 2.07 bits per heavy atom. The molecule has 0 fully saturated rings. The molecule has 15 heavy (non-hydrogen) atoms. The number of hydrogen-bond acceptors (Lipinski definition) is 1. The Kier molecular flexibility index (Phi) is 6.04. The molecule has 0 N–H and O–H groups in total. The highest BCUT2D eigenvalue weighted by atomic mass is 16.5. The third-order valence-corrected chi connectivity index (χ3v) is 1.91. The highest BCUT2D eigenvalue weighted by molar-refractivity contribution is 5.36. The van der Waals surface area contributed by atoms with Crippen LogP contribution >= 0.6 is 0 Å². The van der Waals surface area contributed by atoms with Crippen molar-refractivity contribution in [2.75, 3.05) is 13.7 Å². The van der Waals surface area contributed by atoms with Gasteiger partial charge in [0.25, 0.3) is 0 Å². The molecule has 1 aromatic carbocycles. The van der Waals surface area contributed by atoms with Crippen molar-refractivity contribution in [3.8, 4) is 11.8 Å². The van der Waals surface area contributed by atoms with Gasteiger partial charge in [-0.3, -0.25) is 0 Å². The monoisotopic (exact) mass is 200 g/mol. The maximum atomic E-state index is 4.95. The molecule has 1 rings (SSSR count). The Bertz CT molecular complexity index is 341. The van der Waals surface area contributed by atoms with Crippen LogP contribution in [-0.4, -0.2) is 13.7 Å². The predicted octanol–water partition coefficient (Wildman–Crippen LogP) is 3.02. The molecule has 0 atom stereocenters. The van der Waals surface area contributed by atoms with Gasteiger partial charge < -0.3 is 4.74 Å². The first-order valence-corrected chi connectivity index (χ1v) is 5.14. The third kappa shape index (κ3) is 5.72. The molecule has 0 aliphatic carbocycles. The fraction of sp³-hybridized carbons (Fsp3) is 0.286. The molecule has 0 heterocycles. The molecule has 0 aromatic heterocycles. The summed E-state index contributed by atoms with van der Waals surface area (Å²) in [6, 6.07) is 9.99. The zero-order valence-electron chi connectivity index (χ0n) is 9.07. The van der Waals surface area contributed by atoms with E-state index in [9.17, 15) is 0 Å². The molecule has 0 aliphatic heterocycles. The largest absolute Gasteiger partial charge is 0.385 e. The summed E-state index contributed by atoms with van der Waals surface area (Å²) >= 11 is 0. The van der Waals surface area contributed by atoms with Crippen LogP contribution in [0.4, 0.5) is 0 Å². The summed E-state index contributed by atoms with van der Waals surface area (Å²) in [5.74, 6) is 6.07. The van der Waals surface area contributed by atoms with Gasteiger partial charge in [0.05, 0.1) is 0 Å². The number of ether oxygens (including phenoxy) is 1. The molecule has 0 amide bonds. The van der Waals surface area contributed by atoms with Crippen molar-refractivity contribution in [2.24, 2.45) is 0 Å². The predicted molar refractivity (Wildman–Crippen MR) is 63.6 cm³/mol. The lowest BCUT2D eigenvalue weighted by Gasteiger charge is -1.91. The fourth-order valence-electron chi connectivity index (χ4n) is 1.13. The minimum Gasteiger partial charge on any atom is -0.385 e. The van der Waals surface area contributed by atoms with Crippen LogP contribution in [0.2, 0.25) is 0 Å². The van der Waals surface area contributed by atoms with Crippen molar-refractivity contribution in [1.82, 2.24) is 0 Å². The molecule has 0 bridgehead atoms. The lowest BCUT2D eigenvalue weighted by Crippen LogP contribution is -1.85. The molecule has 0 unspecified atom stereocenters. The number of benzene rings is 1. The normalized spacial score (nSPS) is 9.93. The van der Waals surface area contributed by atoms with Crippen LogP contribution in [-0.2, 0) is 4.74 Å². The highest BCUT2D eigenvalue weighted by Gasteiger charge is 1.81. The smallest absolute Gasteiger partial charge is 0.0465 e. The molecule has 78 valence electrons. The van der Waals surface area contributed by atoms with Crippen molar-refractivity contribution < 1.29 is 4.74 Å². The summed E-state index contributed by atoms with van der Waals surface area (Å²) in [6.45, 7) is 0.816. The van der Waals surface area contributed by atoms with Crippen molar-refractivity contribution in [3.05, 3.63) is 48.0 Å². The second-order valence-electron chi connectivity index (χ2n) is 3.17. The first-order valence-electron chi connectivity index (χ1n) is 5.14. The second-order valence-corrected chi connectivity index (χ2v) is 3.17. The van der Waals surface area contributed by atoms with E-state index >= 15 is 0 Å². The van der Waals surface area contributed by atoms with Gasteiger partial charge in [-0.15, -0.1) is 0 Å². The SMILES string of the molecule is COCCC/C=C/C#Cc1ccccc1. The molecule has 0 aliphatic rings. The molecule has 1 nitrogen and oxygen atoms in total. The second kappa shape index (κ2) is 7.84. The summed E-state index contributed by atoms with van der Waals surface area (Å²) in [7, 11) is 1.72. The quantitative estimate of drug-likeness (QED) is 0.536. The van der Waals surface area contributed by atoms with Gasteiger partial charge in [-0.2, -0.15) is 0 Å². The van der Waals surface area contributed by atoms with Crippen molar-refractivity contribution in [1.29, 1.82) is 0 Å². The summed E-state index contributed by atoms with van der Waals surface area (Å²) < 4.78 is 4.95. The third-order valence-electron chi connectivity index (χ3n) is 1.91. The van der Waals surface area contributed by atoms with Gasteiger partial charge >= 0.3 is 0 Å². The van der Waals surface area contributed by atoms with E-state index in [1.165, 1.54) is 0 Å². The molecule has 1 aromatic rings. The first kappa shape index (κ1) is 11.6. The molecule has 0 radical (unpaired) electrons. The van der Waals surface area contributed by atoms with E-state index in [0.717, 1.165) is 25.0 Å². The summed E-state index contributed by atoms with van der Waals surface area (Å²) in [6.07, 6.45) is 6.06. The maximum absolute atomic E-state index is 4.95. The fourth-order valence-corrected chi connectivity index (χ4v) is 1.13. The van der Waals surface area contributed by atoms with E-state index in [0.29, 0.717) is 0 Å².